The standard InChI is InChI=1S/C17H25NO/c1-14-4-6-15(7-5-14)17(10-2-3-11-17)18-12-8-16(19)9-13-18/h4-7,16,19H,2-3,8-13H2,1H3. The molecule has 1 saturated carbocycles. The Kier molecular flexibility index (Phi) is 3.64. The Bertz CT molecular complexity index is 411. The molecule has 1 aromatic carbocycles. The molecule has 0 aromatic heterocycles. The number of likely N-dealkylation sites (tertiary alicyclic amines) is 1. The lowest BCUT2D eigenvalue weighted by molar-refractivity contribution is 0.0147. The Labute approximate surface area is 116 Å². The summed E-state index contributed by atoms with van der Waals surface area (Å²) >= 11 is 0. The van der Waals surface area contributed by atoms with E-state index in [2.05, 4.69) is 36.1 Å². The second-order valence-electron chi connectivity index (χ2n) is 6.32. The van der Waals surface area contributed by atoms with Crippen LogP contribution in [0.4, 0.5) is 0 Å². The van der Waals surface area contributed by atoms with Crippen molar-refractivity contribution in [2.75, 3.05) is 13.1 Å². The molecule has 1 aliphatic heterocycles. The van der Waals surface area contributed by atoms with E-state index in [0.717, 1.165) is 25.9 Å². The van der Waals surface area contributed by atoms with Crippen molar-refractivity contribution in [1.82, 2.24) is 4.90 Å². The molecule has 2 fully saturated rings. The van der Waals surface area contributed by atoms with E-state index in [1.807, 2.05) is 0 Å². The van der Waals surface area contributed by atoms with Crippen molar-refractivity contribution in [3.05, 3.63) is 35.4 Å². The maximum Gasteiger partial charge on any atom is 0.0564 e. The molecule has 1 aliphatic carbocycles. The number of aliphatic hydroxyl groups excluding tert-OH is 1. The molecule has 0 radical (unpaired) electrons. The molecule has 1 saturated heterocycles. The van der Waals surface area contributed by atoms with Crippen molar-refractivity contribution in [2.45, 2.75) is 57.1 Å². The summed E-state index contributed by atoms with van der Waals surface area (Å²) in [5.41, 5.74) is 3.09. The number of nitrogens with zero attached hydrogens (tertiary/aromatic N) is 1. The third-order valence-electron chi connectivity index (χ3n) is 5.09. The Morgan fingerprint density at radius 3 is 2.21 bits per heavy atom. The van der Waals surface area contributed by atoms with Crippen LogP contribution in [0.1, 0.15) is 49.7 Å². The minimum absolute atomic E-state index is 0.0762. The fourth-order valence-electron chi connectivity index (χ4n) is 3.91. The molecule has 2 aliphatic rings. The lowest BCUT2D eigenvalue weighted by Gasteiger charge is -2.45. The van der Waals surface area contributed by atoms with E-state index in [4.69, 9.17) is 0 Å². The Morgan fingerprint density at radius 1 is 1.05 bits per heavy atom. The second-order valence-corrected chi connectivity index (χ2v) is 6.32. The number of benzene rings is 1. The maximum absolute atomic E-state index is 9.73. The first kappa shape index (κ1) is 13.1. The van der Waals surface area contributed by atoms with Crippen LogP contribution < -0.4 is 0 Å². The molecule has 0 atom stereocenters. The minimum atomic E-state index is -0.0762. The normalized spacial score (nSPS) is 24.7. The van der Waals surface area contributed by atoms with Crippen LogP contribution in [-0.4, -0.2) is 29.2 Å². The van der Waals surface area contributed by atoms with Gasteiger partial charge in [0.05, 0.1) is 6.10 Å². The summed E-state index contributed by atoms with van der Waals surface area (Å²) in [6.07, 6.45) is 7.05. The number of aryl methyl sites for hydroxylation is 1. The van der Waals surface area contributed by atoms with Crippen molar-refractivity contribution < 1.29 is 5.11 Å². The topological polar surface area (TPSA) is 23.5 Å². The molecule has 104 valence electrons. The van der Waals surface area contributed by atoms with Gasteiger partial charge in [-0.2, -0.15) is 0 Å². The van der Waals surface area contributed by atoms with Crippen molar-refractivity contribution in [3.63, 3.8) is 0 Å². The van der Waals surface area contributed by atoms with Gasteiger partial charge in [0.1, 0.15) is 0 Å². The molecular weight excluding hydrogens is 234 g/mol. The molecular formula is C17H25NO. The smallest absolute Gasteiger partial charge is 0.0564 e. The zero-order valence-electron chi connectivity index (χ0n) is 11.9. The van der Waals surface area contributed by atoms with Gasteiger partial charge in [0, 0.05) is 18.6 Å². The van der Waals surface area contributed by atoms with Crippen molar-refractivity contribution in [2.24, 2.45) is 0 Å². The summed E-state index contributed by atoms with van der Waals surface area (Å²) in [7, 11) is 0. The molecule has 0 amide bonds. The Balaban J connectivity index is 1.88. The number of hydrogen-bond donors (Lipinski definition) is 1. The van der Waals surface area contributed by atoms with Gasteiger partial charge in [-0.25, -0.2) is 0 Å². The Morgan fingerprint density at radius 2 is 1.63 bits per heavy atom. The summed E-state index contributed by atoms with van der Waals surface area (Å²) in [4.78, 5) is 2.65. The van der Waals surface area contributed by atoms with Crippen molar-refractivity contribution in [1.29, 1.82) is 0 Å². The van der Waals surface area contributed by atoms with Crippen LogP contribution in [0.2, 0.25) is 0 Å². The largest absolute Gasteiger partial charge is 0.393 e. The SMILES string of the molecule is Cc1ccc(C2(N3CCC(O)CC3)CCCC2)cc1. The van der Waals surface area contributed by atoms with Gasteiger partial charge in [-0.3, -0.25) is 4.90 Å². The molecule has 3 rings (SSSR count). The quantitative estimate of drug-likeness (QED) is 0.881. The van der Waals surface area contributed by atoms with Crippen LogP contribution in [0.5, 0.6) is 0 Å². The van der Waals surface area contributed by atoms with E-state index in [9.17, 15) is 5.11 Å². The van der Waals surface area contributed by atoms with E-state index in [1.54, 1.807) is 0 Å². The van der Waals surface area contributed by atoms with E-state index in [-0.39, 0.29) is 11.6 Å². The van der Waals surface area contributed by atoms with Gasteiger partial charge in [0.2, 0.25) is 0 Å². The fourth-order valence-corrected chi connectivity index (χ4v) is 3.91. The summed E-state index contributed by atoms with van der Waals surface area (Å²) in [6.45, 7) is 4.26. The third-order valence-corrected chi connectivity index (χ3v) is 5.09. The number of aliphatic hydroxyl groups is 1. The van der Waals surface area contributed by atoms with Gasteiger partial charge in [0.25, 0.3) is 0 Å². The van der Waals surface area contributed by atoms with E-state index in [0.29, 0.717) is 0 Å². The van der Waals surface area contributed by atoms with Gasteiger partial charge in [-0.15, -0.1) is 0 Å². The lowest BCUT2D eigenvalue weighted by Crippen LogP contribution is -2.49. The van der Waals surface area contributed by atoms with Crippen LogP contribution in [0.25, 0.3) is 0 Å². The zero-order valence-corrected chi connectivity index (χ0v) is 11.9. The highest BCUT2D eigenvalue weighted by molar-refractivity contribution is 5.29. The molecule has 19 heavy (non-hydrogen) atoms. The fraction of sp³-hybridized carbons (Fsp3) is 0.647. The molecule has 0 spiro atoms. The Hall–Kier alpha value is -0.860. The van der Waals surface area contributed by atoms with E-state index in [1.165, 1.54) is 36.8 Å². The summed E-state index contributed by atoms with van der Waals surface area (Å²) in [6, 6.07) is 9.14. The van der Waals surface area contributed by atoms with Gasteiger partial charge < -0.3 is 5.11 Å². The number of piperidine rings is 1. The highest BCUT2D eigenvalue weighted by Gasteiger charge is 2.41. The molecule has 0 unspecified atom stereocenters. The molecule has 1 N–H and O–H groups in total. The highest BCUT2D eigenvalue weighted by atomic mass is 16.3. The van der Waals surface area contributed by atoms with Crippen LogP contribution in [0.15, 0.2) is 24.3 Å². The molecule has 2 nitrogen and oxygen atoms in total. The van der Waals surface area contributed by atoms with Gasteiger partial charge >= 0.3 is 0 Å². The third kappa shape index (κ3) is 2.44. The summed E-state index contributed by atoms with van der Waals surface area (Å²) in [5.74, 6) is 0. The van der Waals surface area contributed by atoms with Gasteiger partial charge in [0.15, 0.2) is 0 Å². The molecule has 1 aromatic rings. The first-order chi connectivity index (χ1) is 9.21. The average Bonchev–Trinajstić information content (AvgIpc) is 2.91. The number of hydrogen-bond acceptors (Lipinski definition) is 2. The predicted octanol–water partition coefficient (Wildman–Crippen LogP) is 3.22. The van der Waals surface area contributed by atoms with Crippen LogP contribution >= 0.6 is 0 Å². The van der Waals surface area contributed by atoms with Gasteiger partial charge in [-0.1, -0.05) is 42.7 Å². The lowest BCUT2D eigenvalue weighted by atomic mass is 9.84. The average molecular weight is 259 g/mol. The van der Waals surface area contributed by atoms with E-state index < -0.39 is 0 Å². The maximum atomic E-state index is 9.73. The first-order valence-corrected chi connectivity index (χ1v) is 7.71. The first-order valence-electron chi connectivity index (χ1n) is 7.71. The van der Waals surface area contributed by atoms with Crippen LogP contribution in [0, 0.1) is 6.92 Å². The summed E-state index contributed by atoms with van der Waals surface area (Å²) < 4.78 is 0. The molecule has 2 heteroatoms. The molecule has 0 bridgehead atoms. The van der Waals surface area contributed by atoms with Crippen molar-refractivity contribution >= 4 is 0 Å². The minimum Gasteiger partial charge on any atom is -0.393 e. The molecule has 1 heterocycles. The van der Waals surface area contributed by atoms with Crippen molar-refractivity contribution in [3.8, 4) is 0 Å². The van der Waals surface area contributed by atoms with Crippen LogP contribution in [-0.2, 0) is 5.54 Å². The van der Waals surface area contributed by atoms with Gasteiger partial charge in [-0.05, 0) is 38.2 Å². The highest BCUT2D eigenvalue weighted by Crippen LogP contribution is 2.45. The zero-order chi connectivity index (χ0) is 13.3. The van der Waals surface area contributed by atoms with Crippen LogP contribution in [0.3, 0.4) is 0 Å². The number of rotatable bonds is 2. The summed E-state index contributed by atoms with van der Waals surface area (Å²) in [5, 5.41) is 9.73. The monoisotopic (exact) mass is 259 g/mol. The predicted molar refractivity (Wildman–Crippen MR) is 78.1 cm³/mol. The second kappa shape index (κ2) is 5.26. The van der Waals surface area contributed by atoms with E-state index >= 15 is 0 Å².